The number of nitro benzene ring substituents is 1. The third-order valence-electron chi connectivity index (χ3n) is 11.9. The molecular formula is C48H57FN4O10. The van der Waals surface area contributed by atoms with Gasteiger partial charge in [-0.05, 0) is 117 Å². The average molecular weight is 869 g/mol. The second-order valence-corrected chi connectivity index (χ2v) is 15.9. The summed E-state index contributed by atoms with van der Waals surface area (Å²) in [6.07, 6.45) is 10.4. The van der Waals surface area contributed by atoms with Gasteiger partial charge in [0, 0.05) is 62.4 Å². The van der Waals surface area contributed by atoms with Gasteiger partial charge in [0.05, 0.1) is 23.2 Å². The molecule has 15 heteroatoms. The number of oxime groups is 1. The van der Waals surface area contributed by atoms with E-state index in [9.17, 15) is 34.3 Å². The van der Waals surface area contributed by atoms with E-state index in [0.717, 1.165) is 24.0 Å². The molecule has 6 rings (SSSR count). The average Bonchev–Trinajstić information content (AvgIpc) is 3.28. The number of ether oxygens (including phenoxy) is 3. The van der Waals surface area contributed by atoms with Crippen molar-refractivity contribution >= 4 is 29.5 Å². The molecule has 14 nitrogen and oxygen atoms in total. The summed E-state index contributed by atoms with van der Waals surface area (Å²) in [5.74, 6) is -2.79. The molecule has 6 atom stereocenters. The van der Waals surface area contributed by atoms with Crippen molar-refractivity contribution in [1.82, 2.24) is 10.2 Å². The highest BCUT2D eigenvalue weighted by Gasteiger charge is 2.65. The molecule has 0 aromatic heterocycles. The zero-order valence-corrected chi connectivity index (χ0v) is 35.8. The van der Waals surface area contributed by atoms with Crippen LogP contribution in [0.4, 0.5) is 14.9 Å². The molecule has 63 heavy (non-hydrogen) atoms. The number of non-ortho nitro benzene ring substituents is 1. The number of aliphatic hydroxyl groups is 2. The molecule has 1 aliphatic heterocycles. The first kappa shape index (κ1) is 46.6. The molecule has 336 valence electrons. The summed E-state index contributed by atoms with van der Waals surface area (Å²) >= 11 is 0. The third kappa shape index (κ3) is 10.8. The maximum Gasteiger partial charge on any atom is 0.412 e. The maximum atomic E-state index is 14.9. The van der Waals surface area contributed by atoms with Crippen molar-refractivity contribution in [3.8, 4) is 11.5 Å². The fraction of sp³-hybridized carbons (Fsp3) is 0.438. The van der Waals surface area contributed by atoms with E-state index >= 15 is 0 Å². The predicted octanol–water partition coefficient (Wildman–Crippen LogP) is 8.24. The Labute approximate surface area is 367 Å². The number of aliphatic hydroxyl groups excluding tert-OH is 2. The number of hydrogen-bond donors (Lipinski definition) is 3. The maximum absolute atomic E-state index is 14.9. The Kier molecular flexibility index (Phi) is 16.2. The number of nitrogens with zero attached hydrogens (tertiary/aromatic N) is 3. The minimum atomic E-state index is -1.59. The van der Waals surface area contributed by atoms with Crippen LogP contribution in [0.3, 0.4) is 0 Å². The molecule has 3 aromatic rings. The number of amides is 2. The van der Waals surface area contributed by atoms with Gasteiger partial charge in [-0.2, -0.15) is 0 Å². The monoisotopic (exact) mass is 868 g/mol. The number of hydrogen-bond acceptors (Lipinski definition) is 11. The van der Waals surface area contributed by atoms with Crippen LogP contribution in [0.1, 0.15) is 81.4 Å². The number of carbonyl (C=O) groups excluding carboxylic acids is 2. The molecule has 0 bridgehead atoms. The highest BCUT2D eigenvalue weighted by molar-refractivity contribution is 6.03. The molecule has 3 aliphatic rings. The van der Waals surface area contributed by atoms with Crippen molar-refractivity contribution in [2.75, 3.05) is 33.0 Å². The van der Waals surface area contributed by atoms with Crippen LogP contribution >= 0.6 is 0 Å². The number of unbranched alkanes of at least 4 members (excludes halogenated alkanes) is 2. The Hall–Kier alpha value is -5.90. The van der Waals surface area contributed by atoms with Crippen molar-refractivity contribution in [3.63, 3.8) is 0 Å². The Morgan fingerprint density at radius 3 is 2.44 bits per heavy atom. The topological polar surface area (TPSA) is 182 Å². The summed E-state index contributed by atoms with van der Waals surface area (Å²) in [6, 6.07) is 16.1. The number of fused-ring (bicyclic) bond motifs is 2. The van der Waals surface area contributed by atoms with Crippen LogP contribution in [0.25, 0.3) is 6.08 Å². The van der Waals surface area contributed by atoms with Crippen LogP contribution in [0.2, 0.25) is 0 Å². The van der Waals surface area contributed by atoms with Crippen LogP contribution in [0, 0.1) is 33.7 Å². The molecule has 6 unspecified atom stereocenters. The van der Waals surface area contributed by atoms with E-state index in [2.05, 4.69) is 18.0 Å². The molecule has 1 saturated carbocycles. The number of benzene rings is 3. The van der Waals surface area contributed by atoms with Gasteiger partial charge in [-0.3, -0.25) is 14.9 Å². The van der Waals surface area contributed by atoms with Crippen LogP contribution in [0.5, 0.6) is 11.5 Å². The fourth-order valence-corrected chi connectivity index (χ4v) is 9.24. The lowest BCUT2D eigenvalue weighted by molar-refractivity contribution is -0.384. The van der Waals surface area contributed by atoms with Crippen LogP contribution < -0.4 is 14.8 Å². The van der Waals surface area contributed by atoms with Gasteiger partial charge in [-0.15, -0.1) is 6.58 Å². The largest absolute Gasteiger partial charge is 0.459 e. The van der Waals surface area contributed by atoms with Gasteiger partial charge in [0.2, 0.25) is 11.7 Å². The Balaban J connectivity index is 1.59. The van der Waals surface area contributed by atoms with E-state index in [1.54, 1.807) is 60.4 Å². The van der Waals surface area contributed by atoms with Gasteiger partial charge in [0.1, 0.15) is 30.0 Å². The van der Waals surface area contributed by atoms with Gasteiger partial charge >= 0.3 is 6.09 Å². The highest BCUT2D eigenvalue weighted by atomic mass is 19.1. The first-order chi connectivity index (χ1) is 30.6. The smallest absolute Gasteiger partial charge is 0.412 e. The molecule has 1 fully saturated rings. The Morgan fingerprint density at radius 2 is 1.78 bits per heavy atom. The van der Waals surface area contributed by atoms with E-state index in [1.165, 1.54) is 30.3 Å². The zero-order chi connectivity index (χ0) is 44.9. The van der Waals surface area contributed by atoms with Crippen LogP contribution in [-0.2, 0) is 20.9 Å². The molecule has 0 radical (unpaired) electrons. The lowest BCUT2D eigenvalue weighted by Crippen LogP contribution is -2.70. The number of allylic oxidation sites excluding steroid dienone is 1. The summed E-state index contributed by atoms with van der Waals surface area (Å²) in [5, 5.41) is 38.5. The number of carbonyl (C=O) groups is 2. The predicted molar refractivity (Wildman–Crippen MR) is 235 cm³/mol. The van der Waals surface area contributed by atoms with E-state index in [0.29, 0.717) is 60.6 Å². The first-order valence-corrected chi connectivity index (χ1v) is 21.7. The quantitative estimate of drug-likeness (QED) is 0.0310. The molecular weight excluding hydrogens is 812 g/mol. The second kappa shape index (κ2) is 21.9. The molecule has 3 N–H and O–H groups in total. The molecule has 0 saturated heterocycles. The molecule has 3 aromatic carbocycles. The third-order valence-corrected chi connectivity index (χ3v) is 11.9. The molecule has 2 aliphatic carbocycles. The number of rotatable bonds is 21. The molecule has 2 amide bonds. The number of nitro groups is 1. The summed E-state index contributed by atoms with van der Waals surface area (Å²) in [5.41, 5.74) is 3.30. The number of halogens is 1. The van der Waals surface area contributed by atoms with E-state index in [-0.39, 0.29) is 62.8 Å². The van der Waals surface area contributed by atoms with E-state index in [4.69, 9.17) is 24.2 Å². The Morgan fingerprint density at radius 1 is 1.05 bits per heavy atom. The highest BCUT2D eigenvalue weighted by Crippen LogP contribution is 2.62. The SMILES string of the molecule is C=CCOC12Oc3ccc(OC(=O)NCC)cc3C3C(CCCCO)C(CCCCO)C=C(C(=NOCC)CC1N(Cc1ccc(F)cc1)C(=O)C=Cc1ccc([N+](=O)[O-])cc1)C32. The van der Waals surface area contributed by atoms with Crippen LogP contribution in [-0.4, -0.2) is 82.5 Å². The van der Waals surface area contributed by atoms with Crippen molar-refractivity contribution in [2.45, 2.75) is 83.1 Å². The van der Waals surface area contributed by atoms with Crippen molar-refractivity contribution in [2.24, 2.45) is 22.9 Å². The molecule has 0 spiro atoms. The summed E-state index contributed by atoms with van der Waals surface area (Å²) in [7, 11) is 0. The van der Waals surface area contributed by atoms with Gasteiger partial charge < -0.3 is 39.5 Å². The van der Waals surface area contributed by atoms with Gasteiger partial charge in [-0.25, -0.2) is 9.18 Å². The summed E-state index contributed by atoms with van der Waals surface area (Å²) < 4.78 is 34.3. The standard InChI is InChI=1S/C48H57FN4O10/c1-4-27-60-48-43(52(31-33-13-18-35(49)19-14-33)44(56)24-17-32-15-20-36(21-16-32)53(58)59)30-41(51-61-6-3)39-28-34(11-7-9-25-54)38(12-8-10-26-55)45(46(39)48)40-29-37(22-23-42(40)63-48)62-47(57)50-5-2/h4,13-24,28-29,34,38,43,45-46,54-55H,1,5-12,25-27,30-31H2,2-3H3,(H,50,57). The van der Waals surface area contributed by atoms with Crippen molar-refractivity contribution in [3.05, 3.63) is 130 Å². The number of nitrogens with one attached hydrogen (secondary N) is 1. The minimum Gasteiger partial charge on any atom is -0.459 e. The first-order valence-electron chi connectivity index (χ1n) is 21.7. The van der Waals surface area contributed by atoms with Gasteiger partial charge in [-0.1, -0.05) is 42.3 Å². The van der Waals surface area contributed by atoms with Gasteiger partial charge in [0.25, 0.3) is 5.69 Å². The Bertz CT molecular complexity index is 2160. The van der Waals surface area contributed by atoms with Crippen molar-refractivity contribution < 1.29 is 48.2 Å². The summed E-state index contributed by atoms with van der Waals surface area (Å²) in [4.78, 5) is 46.0. The van der Waals surface area contributed by atoms with Gasteiger partial charge in [0.15, 0.2) is 0 Å². The lowest BCUT2D eigenvalue weighted by Gasteiger charge is -2.60. The fourth-order valence-electron chi connectivity index (χ4n) is 9.24. The lowest BCUT2D eigenvalue weighted by atomic mass is 9.55. The summed E-state index contributed by atoms with van der Waals surface area (Å²) in [6.45, 7) is 8.36. The van der Waals surface area contributed by atoms with Crippen LogP contribution in [0.15, 0.2) is 102 Å². The van der Waals surface area contributed by atoms with E-state index in [1.807, 2.05) is 13.0 Å². The minimum absolute atomic E-state index is 0.00514. The van der Waals surface area contributed by atoms with Crippen molar-refractivity contribution in [1.29, 1.82) is 0 Å². The second-order valence-electron chi connectivity index (χ2n) is 15.9. The zero-order valence-electron chi connectivity index (χ0n) is 35.8. The molecule has 1 heterocycles. The normalized spacial score (nSPS) is 22.9. The van der Waals surface area contributed by atoms with E-state index < -0.39 is 40.5 Å².